The van der Waals surface area contributed by atoms with Crippen molar-refractivity contribution < 1.29 is 5.11 Å². The van der Waals surface area contributed by atoms with Gasteiger partial charge in [-0.1, -0.05) is 0 Å². The lowest BCUT2D eigenvalue weighted by Crippen LogP contribution is -2.42. The van der Waals surface area contributed by atoms with E-state index in [0.717, 1.165) is 19.6 Å². The van der Waals surface area contributed by atoms with Crippen LogP contribution >= 0.6 is 0 Å². The number of aliphatic hydroxyl groups is 1. The second-order valence-electron chi connectivity index (χ2n) is 3.93. The zero-order valence-corrected chi connectivity index (χ0v) is 7.87. The molecule has 0 saturated carbocycles. The maximum atomic E-state index is 8.99. The lowest BCUT2D eigenvalue weighted by atomic mass is 9.99. The number of nitrogens with zero attached hydrogens (tertiary/aromatic N) is 1. The largest absolute Gasteiger partial charge is 0.396 e. The molecule has 0 aromatic carbocycles. The second-order valence-corrected chi connectivity index (χ2v) is 3.93. The first-order valence-electron chi connectivity index (χ1n) is 4.81. The Kier molecular flexibility index (Phi) is 3.98. The van der Waals surface area contributed by atoms with E-state index >= 15 is 0 Å². The van der Waals surface area contributed by atoms with Crippen LogP contribution in [0.25, 0.3) is 0 Å². The van der Waals surface area contributed by atoms with Crippen LogP contribution in [0.4, 0.5) is 0 Å². The average molecular weight is 172 g/mol. The summed E-state index contributed by atoms with van der Waals surface area (Å²) < 4.78 is 0. The van der Waals surface area contributed by atoms with Crippen molar-refractivity contribution in [3.8, 4) is 0 Å². The Labute approximate surface area is 74.5 Å². The van der Waals surface area contributed by atoms with E-state index in [1.54, 1.807) is 0 Å². The second kappa shape index (κ2) is 4.80. The molecular weight excluding hydrogens is 152 g/mol. The Bertz CT molecular complexity index is 128. The number of likely N-dealkylation sites (tertiary alicyclic amines) is 1. The molecule has 1 heterocycles. The molecule has 3 N–H and O–H groups in total. The van der Waals surface area contributed by atoms with Gasteiger partial charge in [-0.2, -0.15) is 0 Å². The van der Waals surface area contributed by atoms with Crippen LogP contribution in [0.1, 0.15) is 19.8 Å². The molecular formula is C9H20N2O. The predicted octanol–water partition coefficient (Wildman–Crippen LogP) is 0.0379. The summed E-state index contributed by atoms with van der Waals surface area (Å²) in [6.45, 7) is 5.50. The van der Waals surface area contributed by atoms with Gasteiger partial charge in [-0.15, -0.1) is 0 Å². The Morgan fingerprint density at radius 2 is 2.42 bits per heavy atom. The molecule has 12 heavy (non-hydrogen) atoms. The first kappa shape index (κ1) is 9.96. The number of aliphatic hydroxyl groups excluding tert-OH is 1. The van der Waals surface area contributed by atoms with Crippen molar-refractivity contribution in [2.24, 2.45) is 11.7 Å². The van der Waals surface area contributed by atoms with Gasteiger partial charge >= 0.3 is 0 Å². The first-order chi connectivity index (χ1) is 5.72. The van der Waals surface area contributed by atoms with E-state index in [1.165, 1.54) is 12.8 Å². The van der Waals surface area contributed by atoms with E-state index < -0.39 is 0 Å². The van der Waals surface area contributed by atoms with Gasteiger partial charge in [0, 0.05) is 25.7 Å². The van der Waals surface area contributed by atoms with Gasteiger partial charge in [-0.3, -0.25) is 0 Å². The van der Waals surface area contributed by atoms with Gasteiger partial charge in [0.25, 0.3) is 0 Å². The third-order valence-corrected chi connectivity index (χ3v) is 2.41. The highest BCUT2D eigenvalue weighted by Crippen LogP contribution is 2.15. The molecule has 0 aromatic heterocycles. The summed E-state index contributed by atoms with van der Waals surface area (Å²) in [6.07, 6.45) is 2.38. The molecule has 0 bridgehead atoms. The molecule has 72 valence electrons. The summed E-state index contributed by atoms with van der Waals surface area (Å²) in [6, 6.07) is 0.252. The van der Waals surface area contributed by atoms with Crippen LogP contribution < -0.4 is 5.73 Å². The normalized spacial score (nSPS) is 28.8. The molecule has 3 heteroatoms. The minimum atomic E-state index is 0.252. The molecule has 1 rings (SSSR count). The van der Waals surface area contributed by atoms with E-state index in [9.17, 15) is 0 Å². The van der Waals surface area contributed by atoms with Gasteiger partial charge in [0.2, 0.25) is 0 Å². The quantitative estimate of drug-likeness (QED) is 0.632. The van der Waals surface area contributed by atoms with E-state index in [0.29, 0.717) is 12.5 Å². The van der Waals surface area contributed by atoms with Gasteiger partial charge in [0.15, 0.2) is 0 Å². The van der Waals surface area contributed by atoms with Crippen LogP contribution in [-0.2, 0) is 0 Å². The number of rotatable bonds is 3. The fourth-order valence-corrected chi connectivity index (χ4v) is 1.87. The Balaban J connectivity index is 2.25. The van der Waals surface area contributed by atoms with Crippen molar-refractivity contribution in [2.45, 2.75) is 25.8 Å². The van der Waals surface area contributed by atoms with Gasteiger partial charge in [-0.25, -0.2) is 0 Å². The highest BCUT2D eigenvalue weighted by atomic mass is 16.3. The Hall–Kier alpha value is -0.120. The van der Waals surface area contributed by atoms with Crippen LogP contribution in [0.3, 0.4) is 0 Å². The third-order valence-electron chi connectivity index (χ3n) is 2.41. The molecule has 3 nitrogen and oxygen atoms in total. The maximum absolute atomic E-state index is 8.99. The van der Waals surface area contributed by atoms with Crippen molar-refractivity contribution in [1.82, 2.24) is 4.90 Å². The van der Waals surface area contributed by atoms with Crippen LogP contribution in [0.5, 0.6) is 0 Å². The van der Waals surface area contributed by atoms with Crippen molar-refractivity contribution in [3.63, 3.8) is 0 Å². The van der Waals surface area contributed by atoms with Crippen LogP contribution in [0, 0.1) is 5.92 Å². The fourth-order valence-electron chi connectivity index (χ4n) is 1.87. The van der Waals surface area contributed by atoms with E-state index in [2.05, 4.69) is 4.90 Å². The first-order valence-corrected chi connectivity index (χ1v) is 4.81. The molecule has 1 aliphatic rings. The van der Waals surface area contributed by atoms with Crippen LogP contribution in [0.2, 0.25) is 0 Å². The summed E-state index contributed by atoms with van der Waals surface area (Å²) >= 11 is 0. The standard InChI is InChI=1S/C9H20N2O/c1-8(10)5-11-4-2-3-9(6-11)7-12/h8-9,12H,2-7,10H2,1H3. The molecule has 2 unspecified atom stereocenters. The van der Waals surface area contributed by atoms with Gasteiger partial charge in [-0.05, 0) is 32.2 Å². The van der Waals surface area contributed by atoms with Crippen molar-refractivity contribution in [2.75, 3.05) is 26.2 Å². The molecule has 0 aromatic rings. The number of hydrogen-bond donors (Lipinski definition) is 2. The zero-order valence-electron chi connectivity index (χ0n) is 7.87. The molecule has 0 amide bonds. The van der Waals surface area contributed by atoms with Crippen LogP contribution in [-0.4, -0.2) is 42.3 Å². The van der Waals surface area contributed by atoms with Gasteiger partial charge < -0.3 is 15.7 Å². The van der Waals surface area contributed by atoms with E-state index in [4.69, 9.17) is 10.8 Å². The van der Waals surface area contributed by atoms with Gasteiger partial charge in [0.05, 0.1) is 0 Å². The average Bonchev–Trinajstić information content (AvgIpc) is 2.03. The zero-order chi connectivity index (χ0) is 8.97. The minimum Gasteiger partial charge on any atom is -0.396 e. The van der Waals surface area contributed by atoms with Gasteiger partial charge in [0.1, 0.15) is 0 Å². The predicted molar refractivity (Wildman–Crippen MR) is 49.9 cm³/mol. The summed E-state index contributed by atoms with van der Waals surface area (Å²) in [7, 11) is 0. The molecule has 1 saturated heterocycles. The molecule has 0 radical (unpaired) electrons. The highest BCUT2D eigenvalue weighted by Gasteiger charge is 2.19. The lowest BCUT2D eigenvalue weighted by molar-refractivity contribution is 0.117. The van der Waals surface area contributed by atoms with Crippen molar-refractivity contribution in [3.05, 3.63) is 0 Å². The number of hydrogen-bond acceptors (Lipinski definition) is 3. The number of piperidine rings is 1. The molecule has 0 spiro atoms. The van der Waals surface area contributed by atoms with Crippen LogP contribution in [0.15, 0.2) is 0 Å². The SMILES string of the molecule is CC(N)CN1CCCC(CO)C1. The maximum Gasteiger partial charge on any atom is 0.0471 e. The van der Waals surface area contributed by atoms with E-state index in [1.807, 2.05) is 6.92 Å². The third kappa shape index (κ3) is 3.09. The Morgan fingerprint density at radius 1 is 1.67 bits per heavy atom. The molecule has 1 aliphatic heterocycles. The lowest BCUT2D eigenvalue weighted by Gasteiger charge is -2.32. The number of nitrogens with two attached hydrogens (primary N) is 1. The van der Waals surface area contributed by atoms with Crippen molar-refractivity contribution >= 4 is 0 Å². The summed E-state index contributed by atoms with van der Waals surface area (Å²) in [4.78, 5) is 2.36. The topological polar surface area (TPSA) is 49.5 Å². The summed E-state index contributed by atoms with van der Waals surface area (Å²) in [5.41, 5.74) is 5.71. The minimum absolute atomic E-state index is 0.252. The molecule has 2 atom stereocenters. The van der Waals surface area contributed by atoms with Crippen molar-refractivity contribution in [1.29, 1.82) is 0 Å². The molecule has 0 aliphatic carbocycles. The van der Waals surface area contributed by atoms with E-state index in [-0.39, 0.29) is 6.04 Å². The Morgan fingerprint density at radius 3 is 3.00 bits per heavy atom. The molecule has 1 fully saturated rings. The highest BCUT2D eigenvalue weighted by molar-refractivity contribution is 4.74. The monoisotopic (exact) mass is 172 g/mol. The summed E-state index contributed by atoms with van der Waals surface area (Å²) in [5, 5.41) is 8.99. The summed E-state index contributed by atoms with van der Waals surface area (Å²) in [5.74, 6) is 0.484. The smallest absolute Gasteiger partial charge is 0.0471 e. The fraction of sp³-hybridized carbons (Fsp3) is 1.00.